The van der Waals surface area contributed by atoms with Gasteiger partial charge in [-0.2, -0.15) is 0 Å². The molecule has 2 saturated heterocycles. The summed E-state index contributed by atoms with van der Waals surface area (Å²) in [5, 5.41) is 23.9. The number of rotatable bonds is 3. The number of β-lactam (4-membered cyclic amide) rings is 1. The quantitative estimate of drug-likeness (QED) is 0.552. The van der Waals surface area contributed by atoms with E-state index in [1.165, 1.54) is 21.3 Å². The van der Waals surface area contributed by atoms with Crippen LogP contribution >= 0.6 is 11.8 Å². The van der Waals surface area contributed by atoms with Crippen LogP contribution in [0.1, 0.15) is 6.42 Å². The zero-order valence-corrected chi connectivity index (χ0v) is 12.3. The van der Waals surface area contributed by atoms with E-state index in [-0.39, 0.29) is 29.8 Å². The molecule has 0 spiro atoms. The molecule has 1 unspecified atom stereocenters. The molecule has 0 aromatic carbocycles. The summed E-state index contributed by atoms with van der Waals surface area (Å²) in [7, 11) is 1.70. The molecule has 1 aromatic rings. The second-order valence-corrected chi connectivity index (χ2v) is 6.26. The van der Waals surface area contributed by atoms with Gasteiger partial charge in [0.1, 0.15) is 6.04 Å². The highest BCUT2D eigenvalue weighted by molar-refractivity contribution is 8.03. The number of aryl methyl sites for hydroxylation is 1. The Morgan fingerprint density at radius 2 is 2.36 bits per heavy atom. The number of aromatic nitrogens is 4. The number of carbonyl (C=O) groups is 2. The Bertz CT molecular complexity index is 703. The molecule has 11 heteroatoms. The van der Waals surface area contributed by atoms with Gasteiger partial charge < -0.3 is 15.2 Å². The van der Waals surface area contributed by atoms with Gasteiger partial charge in [0.05, 0.1) is 10.9 Å². The van der Waals surface area contributed by atoms with Gasteiger partial charge in [0.25, 0.3) is 0 Å². The first-order valence-electron chi connectivity index (χ1n) is 6.69. The first-order chi connectivity index (χ1) is 10.6. The van der Waals surface area contributed by atoms with E-state index in [1.807, 2.05) is 0 Å². The third-order valence-corrected chi connectivity index (χ3v) is 5.33. The van der Waals surface area contributed by atoms with E-state index in [9.17, 15) is 9.59 Å². The SMILES string of the molecule is Cn1nnnc1SC1=C(OC(=O)O)N2C(=O)[C@H]3NCCC1[C@H]32. The first-order valence-corrected chi connectivity index (χ1v) is 7.51. The molecule has 1 aromatic heterocycles. The van der Waals surface area contributed by atoms with Gasteiger partial charge in [-0.3, -0.25) is 9.69 Å². The van der Waals surface area contributed by atoms with Gasteiger partial charge >= 0.3 is 6.16 Å². The number of amides is 1. The predicted octanol–water partition coefficient (Wildman–Crippen LogP) is -0.632. The third kappa shape index (κ3) is 1.75. The molecule has 0 bridgehead atoms. The van der Waals surface area contributed by atoms with E-state index >= 15 is 0 Å². The minimum absolute atomic E-state index is 0.0417. The van der Waals surface area contributed by atoms with Crippen LogP contribution in [-0.2, 0) is 16.6 Å². The number of tetrazole rings is 1. The van der Waals surface area contributed by atoms with Gasteiger partial charge in [-0.1, -0.05) is 0 Å². The molecule has 4 rings (SSSR count). The minimum Gasteiger partial charge on any atom is -0.449 e. The minimum atomic E-state index is -1.44. The number of carbonyl (C=O) groups excluding carboxylic acids is 1. The molecule has 3 aliphatic heterocycles. The molecule has 2 fully saturated rings. The maximum atomic E-state index is 12.2. The zero-order valence-electron chi connectivity index (χ0n) is 11.5. The Balaban J connectivity index is 1.74. The number of thioether (sulfide) groups is 1. The first kappa shape index (κ1) is 13.5. The molecular weight excluding hydrogens is 312 g/mol. The Hall–Kier alpha value is -2.14. The summed E-state index contributed by atoms with van der Waals surface area (Å²) in [6, 6.07) is -0.346. The average molecular weight is 324 g/mol. The summed E-state index contributed by atoms with van der Waals surface area (Å²) in [5.41, 5.74) is 0. The summed E-state index contributed by atoms with van der Waals surface area (Å²) in [6.45, 7) is 0.701. The molecule has 3 aliphatic rings. The number of hydrogen-bond donors (Lipinski definition) is 2. The maximum absolute atomic E-state index is 12.2. The van der Waals surface area contributed by atoms with Crippen LogP contribution in [0.2, 0.25) is 0 Å². The fraction of sp³-hybridized carbons (Fsp3) is 0.545. The lowest BCUT2D eigenvalue weighted by atomic mass is 9.82. The van der Waals surface area contributed by atoms with Crippen molar-refractivity contribution in [2.45, 2.75) is 23.7 Å². The fourth-order valence-corrected chi connectivity index (χ4v) is 4.28. The molecule has 0 saturated carbocycles. The van der Waals surface area contributed by atoms with Crippen LogP contribution in [0.3, 0.4) is 0 Å². The average Bonchev–Trinajstić information content (AvgIpc) is 3.00. The van der Waals surface area contributed by atoms with Gasteiger partial charge in [-0.05, 0) is 35.2 Å². The van der Waals surface area contributed by atoms with E-state index in [1.54, 1.807) is 7.05 Å². The van der Waals surface area contributed by atoms with Crippen molar-refractivity contribution in [3.05, 3.63) is 10.8 Å². The van der Waals surface area contributed by atoms with Gasteiger partial charge in [0.2, 0.25) is 16.9 Å². The van der Waals surface area contributed by atoms with Crippen molar-refractivity contribution >= 4 is 23.8 Å². The van der Waals surface area contributed by atoms with Crippen LogP contribution in [0.4, 0.5) is 4.79 Å². The number of nitrogens with one attached hydrogen (secondary N) is 1. The highest BCUT2D eigenvalue weighted by Crippen LogP contribution is 2.51. The molecule has 1 amide bonds. The van der Waals surface area contributed by atoms with Crippen molar-refractivity contribution in [1.29, 1.82) is 0 Å². The maximum Gasteiger partial charge on any atom is 0.512 e. The summed E-state index contributed by atoms with van der Waals surface area (Å²) in [6.07, 6.45) is -0.641. The van der Waals surface area contributed by atoms with Gasteiger partial charge in [-0.15, -0.1) is 5.10 Å². The van der Waals surface area contributed by atoms with E-state index in [4.69, 9.17) is 9.84 Å². The van der Waals surface area contributed by atoms with Crippen LogP contribution in [0, 0.1) is 5.92 Å². The van der Waals surface area contributed by atoms with E-state index in [0.717, 1.165) is 6.42 Å². The van der Waals surface area contributed by atoms with Crippen molar-refractivity contribution in [2.75, 3.05) is 6.54 Å². The topological polar surface area (TPSA) is 122 Å². The van der Waals surface area contributed by atoms with Gasteiger partial charge in [0.15, 0.2) is 0 Å². The largest absolute Gasteiger partial charge is 0.512 e. The molecule has 2 N–H and O–H groups in total. The molecule has 4 heterocycles. The normalized spacial score (nSPS) is 29.4. The van der Waals surface area contributed by atoms with Crippen LogP contribution in [0.15, 0.2) is 15.9 Å². The number of nitrogens with zero attached hydrogens (tertiary/aromatic N) is 5. The molecule has 22 heavy (non-hydrogen) atoms. The lowest BCUT2D eigenvalue weighted by Gasteiger charge is -2.48. The second kappa shape index (κ2) is 4.68. The van der Waals surface area contributed by atoms with Gasteiger partial charge in [-0.25, -0.2) is 9.48 Å². The Morgan fingerprint density at radius 1 is 1.55 bits per heavy atom. The molecule has 10 nitrogen and oxygen atoms in total. The fourth-order valence-electron chi connectivity index (χ4n) is 3.20. The number of piperidine rings is 1. The summed E-state index contributed by atoms with van der Waals surface area (Å²) >= 11 is 1.25. The van der Waals surface area contributed by atoms with Crippen molar-refractivity contribution in [1.82, 2.24) is 30.4 Å². The van der Waals surface area contributed by atoms with Gasteiger partial charge in [0, 0.05) is 13.0 Å². The predicted molar refractivity (Wildman–Crippen MR) is 71.3 cm³/mol. The number of hydrogen-bond acceptors (Lipinski definition) is 8. The molecule has 116 valence electrons. The van der Waals surface area contributed by atoms with E-state index in [2.05, 4.69) is 20.8 Å². The van der Waals surface area contributed by atoms with Crippen LogP contribution in [-0.4, -0.2) is 60.9 Å². The molecule has 3 atom stereocenters. The zero-order chi connectivity index (χ0) is 15.4. The lowest BCUT2D eigenvalue weighted by molar-refractivity contribution is -0.152. The van der Waals surface area contributed by atoms with E-state index < -0.39 is 6.16 Å². The van der Waals surface area contributed by atoms with Crippen LogP contribution in [0.5, 0.6) is 0 Å². The molecule has 0 aliphatic carbocycles. The Kier molecular flexibility index (Phi) is 2.87. The smallest absolute Gasteiger partial charge is 0.449 e. The summed E-state index contributed by atoms with van der Waals surface area (Å²) in [4.78, 5) is 25.3. The van der Waals surface area contributed by atoms with Crippen molar-refractivity contribution in [3.8, 4) is 0 Å². The standard InChI is InChI=1S/C11H12N6O4S/c1-16-10(13-14-15-16)22-7-4-2-3-12-5-6(4)17(8(5)18)9(7)21-11(19)20/h4-6,12H,2-3H2,1H3,(H,19,20)/t4?,5-,6+/m0/s1. The third-order valence-electron chi connectivity index (χ3n) is 4.11. The lowest BCUT2D eigenvalue weighted by Crippen LogP contribution is -2.71. The summed E-state index contributed by atoms with van der Waals surface area (Å²) < 4.78 is 6.39. The van der Waals surface area contributed by atoms with Crippen LogP contribution < -0.4 is 5.32 Å². The highest BCUT2D eigenvalue weighted by atomic mass is 32.2. The Morgan fingerprint density at radius 3 is 3.05 bits per heavy atom. The van der Waals surface area contributed by atoms with E-state index in [0.29, 0.717) is 16.6 Å². The van der Waals surface area contributed by atoms with Crippen molar-refractivity contribution in [3.63, 3.8) is 0 Å². The number of carboxylic acid groups (broad SMARTS) is 1. The molecule has 0 radical (unpaired) electrons. The highest BCUT2D eigenvalue weighted by Gasteiger charge is 2.61. The van der Waals surface area contributed by atoms with Crippen molar-refractivity contribution in [2.24, 2.45) is 13.0 Å². The van der Waals surface area contributed by atoms with Crippen LogP contribution in [0.25, 0.3) is 0 Å². The molecular formula is C11H12N6O4S. The second-order valence-electron chi connectivity index (χ2n) is 5.25. The Labute approximate surface area is 128 Å². The summed E-state index contributed by atoms with van der Waals surface area (Å²) in [5.74, 6) is -0.0157. The monoisotopic (exact) mass is 324 g/mol. The van der Waals surface area contributed by atoms with Crippen molar-refractivity contribution < 1.29 is 19.4 Å². The number of ether oxygens (including phenoxy) is 1.